The molecule has 0 bridgehead atoms. The van der Waals surface area contributed by atoms with Crippen LogP contribution < -0.4 is 5.73 Å². The van der Waals surface area contributed by atoms with Gasteiger partial charge in [-0.2, -0.15) is 0 Å². The number of nitrogens with two attached hydrogens (primary N) is 1. The van der Waals surface area contributed by atoms with Gasteiger partial charge in [0.1, 0.15) is 0 Å². The fourth-order valence-corrected chi connectivity index (χ4v) is 1.30. The normalized spacial score (nSPS) is 10.7. The number of benzene rings is 1. The van der Waals surface area contributed by atoms with E-state index < -0.39 is 11.6 Å². The van der Waals surface area contributed by atoms with Crippen LogP contribution in [0.1, 0.15) is 11.4 Å². The summed E-state index contributed by atoms with van der Waals surface area (Å²) in [6.45, 7) is 0.452. The Labute approximate surface area is 89.9 Å². The van der Waals surface area contributed by atoms with Gasteiger partial charge in [-0.1, -0.05) is 6.07 Å². The molecule has 0 amide bonds. The van der Waals surface area contributed by atoms with Gasteiger partial charge in [-0.3, -0.25) is 0 Å². The van der Waals surface area contributed by atoms with Gasteiger partial charge >= 0.3 is 0 Å². The van der Waals surface area contributed by atoms with Crippen molar-refractivity contribution in [2.24, 2.45) is 5.73 Å². The molecule has 7 heteroatoms. The fourth-order valence-electron chi connectivity index (χ4n) is 1.30. The molecule has 0 radical (unpaired) electrons. The van der Waals surface area contributed by atoms with E-state index in [-0.39, 0.29) is 13.1 Å². The van der Waals surface area contributed by atoms with E-state index in [0.717, 1.165) is 12.1 Å². The number of tetrazole rings is 1. The zero-order chi connectivity index (χ0) is 11.5. The lowest BCUT2D eigenvalue weighted by Crippen LogP contribution is -2.11. The maximum atomic E-state index is 12.9. The van der Waals surface area contributed by atoms with Crippen LogP contribution in [0, 0.1) is 11.6 Å². The summed E-state index contributed by atoms with van der Waals surface area (Å²) < 4.78 is 27.0. The Morgan fingerprint density at radius 3 is 2.75 bits per heavy atom. The summed E-state index contributed by atoms with van der Waals surface area (Å²) in [5.74, 6) is -1.27. The Morgan fingerprint density at radius 2 is 2.06 bits per heavy atom. The molecule has 5 nitrogen and oxygen atoms in total. The van der Waals surface area contributed by atoms with Crippen molar-refractivity contribution in [3.05, 3.63) is 41.2 Å². The monoisotopic (exact) mass is 225 g/mol. The highest BCUT2D eigenvalue weighted by Crippen LogP contribution is 2.10. The maximum absolute atomic E-state index is 12.9. The average Bonchev–Trinajstić information content (AvgIpc) is 2.71. The highest BCUT2D eigenvalue weighted by Gasteiger charge is 2.07. The van der Waals surface area contributed by atoms with E-state index in [1.54, 1.807) is 0 Å². The number of rotatable bonds is 3. The molecule has 84 valence electrons. The topological polar surface area (TPSA) is 69.6 Å². The van der Waals surface area contributed by atoms with Crippen LogP contribution in [0.2, 0.25) is 0 Å². The first kappa shape index (κ1) is 10.6. The second-order valence-corrected chi connectivity index (χ2v) is 3.21. The van der Waals surface area contributed by atoms with Gasteiger partial charge in [0.15, 0.2) is 17.5 Å². The second-order valence-electron chi connectivity index (χ2n) is 3.21. The number of hydrogen-bond donors (Lipinski definition) is 1. The minimum absolute atomic E-state index is 0.191. The van der Waals surface area contributed by atoms with E-state index in [2.05, 4.69) is 15.5 Å². The minimum Gasteiger partial charge on any atom is -0.324 e. The predicted octanol–water partition coefficient (Wildman–Crippen LogP) is 0.458. The lowest BCUT2D eigenvalue weighted by atomic mass is 10.2. The smallest absolute Gasteiger partial charge is 0.165 e. The summed E-state index contributed by atoms with van der Waals surface area (Å²) in [7, 11) is 0. The largest absolute Gasteiger partial charge is 0.324 e. The first-order valence-corrected chi connectivity index (χ1v) is 4.59. The molecular formula is C9H9F2N5. The number of nitrogens with zero attached hydrogens (tertiary/aromatic N) is 4. The summed E-state index contributed by atoms with van der Waals surface area (Å²) in [4.78, 5) is 0. The lowest BCUT2D eigenvalue weighted by Gasteiger charge is -2.03. The highest BCUT2D eigenvalue weighted by molar-refractivity contribution is 5.18. The molecule has 2 N–H and O–H groups in total. The number of halogens is 2. The fraction of sp³-hybridized carbons (Fsp3) is 0.222. The van der Waals surface area contributed by atoms with Crippen molar-refractivity contribution in [3.63, 3.8) is 0 Å². The average molecular weight is 225 g/mol. The van der Waals surface area contributed by atoms with Crippen molar-refractivity contribution in [2.45, 2.75) is 13.1 Å². The van der Waals surface area contributed by atoms with Crippen LogP contribution >= 0.6 is 0 Å². The molecule has 1 heterocycles. The van der Waals surface area contributed by atoms with Gasteiger partial charge in [-0.15, -0.1) is 5.10 Å². The highest BCUT2D eigenvalue weighted by atomic mass is 19.2. The Hall–Kier alpha value is -1.89. The Bertz CT molecular complexity index is 496. The molecule has 0 fully saturated rings. The molecule has 16 heavy (non-hydrogen) atoms. The first-order chi connectivity index (χ1) is 7.70. The quantitative estimate of drug-likeness (QED) is 0.823. The molecule has 2 rings (SSSR count). The molecule has 1 aromatic heterocycles. The summed E-state index contributed by atoms with van der Waals surface area (Å²) >= 11 is 0. The van der Waals surface area contributed by atoms with E-state index in [0.29, 0.717) is 11.4 Å². The number of hydrogen-bond acceptors (Lipinski definition) is 4. The van der Waals surface area contributed by atoms with Crippen molar-refractivity contribution >= 4 is 0 Å². The zero-order valence-corrected chi connectivity index (χ0v) is 8.27. The molecule has 0 saturated carbocycles. The third-order valence-electron chi connectivity index (χ3n) is 2.10. The van der Waals surface area contributed by atoms with Crippen LogP contribution in [0.15, 0.2) is 18.2 Å². The second kappa shape index (κ2) is 4.31. The molecule has 0 saturated heterocycles. The molecule has 0 aliphatic rings. The Kier molecular flexibility index (Phi) is 2.86. The third kappa shape index (κ3) is 2.03. The molecule has 0 spiro atoms. The van der Waals surface area contributed by atoms with Crippen LogP contribution in [0.5, 0.6) is 0 Å². The lowest BCUT2D eigenvalue weighted by molar-refractivity contribution is 0.505. The number of aromatic nitrogens is 4. The van der Waals surface area contributed by atoms with Crippen LogP contribution in [0.3, 0.4) is 0 Å². The zero-order valence-electron chi connectivity index (χ0n) is 8.27. The van der Waals surface area contributed by atoms with E-state index in [4.69, 9.17) is 5.73 Å². The molecule has 0 atom stereocenters. The Balaban J connectivity index is 2.24. The van der Waals surface area contributed by atoms with Gasteiger partial charge < -0.3 is 5.73 Å². The minimum atomic E-state index is -0.889. The molecule has 0 aliphatic carbocycles. The van der Waals surface area contributed by atoms with Crippen molar-refractivity contribution < 1.29 is 8.78 Å². The molecular weight excluding hydrogens is 216 g/mol. The third-order valence-corrected chi connectivity index (χ3v) is 2.10. The van der Waals surface area contributed by atoms with Crippen molar-refractivity contribution in [3.8, 4) is 0 Å². The van der Waals surface area contributed by atoms with Gasteiger partial charge in [0.2, 0.25) is 0 Å². The molecule has 0 unspecified atom stereocenters. The SMILES string of the molecule is NCc1nnnn1Cc1ccc(F)c(F)c1. The van der Waals surface area contributed by atoms with Crippen molar-refractivity contribution in [1.82, 2.24) is 20.2 Å². The predicted molar refractivity (Wildman–Crippen MR) is 51.2 cm³/mol. The molecule has 1 aromatic carbocycles. The van der Waals surface area contributed by atoms with Crippen molar-refractivity contribution in [1.29, 1.82) is 0 Å². The first-order valence-electron chi connectivity index (χ1n) is 4.59. The van der Waals surface area contributed by atoms with Crippen LogP contribution in [-0.4, -0.2) is 20.2 Å². The van der Waals surface area contributed by atoms with E-state index in [1.165, 1.54) is 10.7 Å². The van der Waals surface area contributed by atoms with Crippen LogP contribution in [0.4, 0.5) is 8.78 Å². The van der Waals surface area contributed by atoms with Gasteiger partial charge in [-0.05, 0) is 28.1 Å². The van der Waals surface area contributed by atoms with Crippen LogP contribution in [-0.2, 0) is 13.1 Å². The van der Waals surface area contributed by atoms with E-state index in [9.17, 15) is 8.78 Å². The summed E-state index contributed by atoms with van der Waals surface area (Å²) in [6, 6.07) is 3.65. The standard InChI is InChI=1S/C9H9F2N5/c10-7-2-1-6(3-8(7)11)5-16-9(4-12)13-14-15-16/h1-3H,4-5,12H2. The van der Waals surface area contributed by atoms with Crippen LogP contribution in [0.25, 0.3) is 0 Å². The van der Waals surface area contributed by atoms with Gasteiger partial charge in [0.25, 0.3) is 0 Å². The van der Waals surface area contributed by atoms with Gasteiger partial charge in [0.05, 0.1) is 13.1 Å². The summed E-state index contributed by atoms with van der Waals surface area (Å²) in [6.07, 6.45) is 0. The van der Waals surface area contributed by atoms with Crippen molar-refractivity contribution in [2.75, 3.05) is 0 Å². The maximum Gasteiger partial charge on any atom is 0.165 e. The van der Waals surface area contributed by atoms with Gasteiger partial charge in [0, 0.05) is 0 Å². The summed E-state index contributed by atoms with van der Waals surface area (Å²) in [5, 5.41) is 10.8. The summed E-state index contributed by atoms with van der Waals surface area (Å²) in [5.41, 5.74) is 5.98. The Morgan fingerprint density at radius 1 is 1.25 bits per heavy atom. The molecule has 2 aromatic rings. The molecule has 0 aliphatic heterocycles. The van der Waals surface area contributed by atoms with E-state index >= 15 is 0 Å². The van der Waals surface area contributed by atoms with E-state index in [1.807, 2.05) is 0 Å². The van der Waals surface area contributed by atoms with Gasteiger partial charge in [-0.25, -0.2) is 13.5 Å².